The molecule has 1 heterocycles. The zero-order valence-electron chi connectivity index (χ0n) is 10.6. The predicted octanol–water partition coefficient (Wildman–Crippen LogP) is 3.88. The van der Waals surface area contributed by atoms with Crippen LogP contribution >= 0.6 is 15.9 Å². The first-order valence-corrected chi connectivity index (χ1v) is 6.47. The summed E-state index contributed by atoms with van der Waals surface area (Å²) in [6, 6.07) is 8.15. The standard InChI is InChI=1S/C14H13BrFNO2/c1-9-5-12(18-2)7-11(17-9)8-19-14-6-10(15)3-4-13(14)16/h3-7H,8H2,1-2H3. The van der Waals surface area contributed by atoms with E-state index < -0.39 is 5.82 Å². The molecule has 0 N–H and O–H groups in total. The molecule has 0 spiro atoms. The van der Waals surface area contributed by atoms with E-state index in [0.29, 0.717) is 11.4 Å². The second-order valence-corrected chi connectivity index (χ2v) is 4.92. The maximum absolute atomic E-state index is 13.5. The van der Waals surface area contributed by atoms with Gasteiger partial charge in [0.15, 0.2) is 11.6 Å². The summed E-state index contributed by atoms with van der Waals surface area (Å²) in [5.74, 6) is 0.500. The Morgan fingerprint density at radius 2 is 2.05 bits per heavy atom. The molecule has 0 saturated heterocycles. The van der Waals surface area contributed by atoms with Gasteiger partial charge in [0.2, 0.25) is 0 Å². The molecule has 3 nitrogen and oxygen atoms in total. The maximum atomic E-state index is 13.5. The number of methoxy groups -OCH3 is 1. The predicted molar refractivity (Wildman–Crippen MR) is 74.0 cm³/mol. The molecule has 0 aliphatic heterocycles. The lowest BCUT2D eigenvalue weighted by molar-refractivity contribution is 0.284. The van der Waals surface area contributed by atoms with Crippen LogP contribution in [0.2, 0.25) is 0 Å². The fraction of sp³-hybridized carbons (Fsp3) is 0.214. The third kappa shape index (κ3) is 3.67. The number of aryl methyl sites for hydroxylation is 1. The average molecular weight is 326 g/mol. The molecule has 2 aromatic rings. The Morgan fingerprint density at radius 3 is 2.79 bits per heavy atom. The van der Waals surface area contributed by atoms with Crippen LogP contribution in [0, 0.1) is 12.7 Å². The third-order valence-corrected chi connectivity index (χ3v) is 2.98. The van der Waals surface area contributed by atoms with Gasteiger partial charge < -0.3 is 9.47 Å². The van der Waals surface area contributed by atoms with Crippen LogP contribution in [0.3, 0.4) is 0 Å². The average Bonchev–Trinajstić information content (AvgIpc) is 2.39. The van der Waals surface area contributed by atoms with Gasteiger partial charge in [-0.1, -0.05) is 15.9 Å². The van der Waals surface area contributed by atoms with Crippen LogP contribution in [0.5, 0.6) is 11.5 Å². The SMILES string of the molecule is COc1cc(C)nc(COc2cc(Br)ccc2F)c1. The summed E-state index contributed by atoms with van der Waals surface area (Å²) in [6.07, 6.45) is 0. The number of hydrogen-bond donors (Lipinski definition) is 0. The monoisotopic (exact) mass is 325 g/mol. The van der Waals surface area contributed by atoms with Gasteiger partial charge in [0.25, 0.3) is 0 Å². The molecule has 0 radical (unpaired) electrons. The van der Waals surface area contributed by atoms with Gasteiger partial charge in [-0.15, -0.1) is 0 Å². The van der Waals surface area contributed by atoms with E-state index in [2.05, 4.69) is 20.9 Å². The molecule has 5 heteroatoms. The highest BCUT2D eigenvalue weighted by atomic mass is 79.9. The molecule has 0 amide bonds. The van der Waals surface area contributed by atoms with Gasteiger partial charge in [0.05, 0.1) is 12.8 Å². The lowest BCUT2D eigenvalue weighted by atomic mass is 10.3. The molecule has 0 aliphatic rings. The Hall–Kier alpha value is -1.62. The first-order valence-electron chi connectivity index (χ1n) is 5.68. The molecule has 2 rings (SSSR count). The summed E-state index contributed by atoms with van der Waals surface area (Å²) in [7, 11) is 1.59. The van der Waals surface area contributed by atoms with E-state index in [1.165, 1.54) is 6.07 Å². The summed E-state index contributed by atoms with van der Waals surface area (Å²) in [4.78, 5) is 4.31. The number of rotatable bonds is 4. The number of hydrogen-bond acceptors (Lipinski definition) is 3. The lowest BCUT2D eigenvalue weighted by Gasteiger charge is -2.09. The second-order valence-electron chi connectivity index (χ2n) is 4.00. The third-order valence-electron chi connectivity index (χ3n) is 2.48. The molecule has 19 heavy (non-hydrogen) atoms. The molecular formula is C14H13BrFNO2. The molecule has 1 aromatic heterocycles. The van der Waals surface area contributed by atoms with Gasteiger partial charge in [0, 0.05) is 22.3 Å². The van der Waals surface area contributed by atoms with Gasteiger partial charge in [-0.05, 0) is 25.1 Å². The van der Waals surface area contributed by atoms with Crippen molar-refractivity contribution in [2.45, 2.75) is 13.5 Å². The lowest BCUT2D eigenvalue weighted by Crippen LogP contribution is -2.01. The van der Waals surface area contributed by atoms with Gasteiger partial charge in [0.1, 0.15) is 12.4 Å². The smallest absolute Gasteiger partial charge is 0.165 e. The van der Waals surface area contributed by atoms with Crippen LogP contribution in [0.4, 0.5) is 4.39 Å². The van der Waals surface area contributed by atoms with Crippen molar-refractivity contribution >= 4 is 15.9 Å². The molecule has 0 unspecified atom stereocenters. The minimum Gasteiger partial charge on any atom is -0.497 e. The Labute approximate surface area is 119 Å². The first kappa shape index (κ1) is 13.8. The highest BCUT2D eigenvalue weighted by molar-refractivity contribution is 9.10. The van der Waals surface area contributed by atoms with Crippen molar-refractivity contribution in [2.75, 3.05) is 7.11 Å². The zero-order chi connectivity index (χ0) is 13.8. The van der Waals surface area contributed by atoms with Crippen molar-refractivity contribution in [3.8, 4) is 11.5 Å². The Bertz CT molecular complexity index is 590. The largest absolute Gasteiger partial charge is 0.497 e. The Balaban J connectivity index is 2.14. The molecule has 0 atom stereocenters. The number of pyridine rings is 1. The molecule has 0 saturated carbocycles. The van der Waals surface area contributed by atoms with E-state index >= 15 is 0 Å². The zero-order valence-corrected chi connectivity index (χ0v) is 12.2. The van der Waals surface area contributed by atoms with Gasteiger partial charge >= 0.3 is 0 Å². The van der Waals surface area contributed by atoms with E-state index in [1.54, 1.807) is 25.3 Å². The van der Waals surface area contributed by atoms with Crippen molar-refractivity contribution < 1.29 is 13.9 Å². The quantitative estimate of drug-likeness (QED) is 0.854. The Morgan fingerprint density at radius 1 is 1.26 bits per heavy atom. The van der Waals surface area contributed by atoms with E-state index in [4.69, 9.17) is 9.47 Å². The molecule has 0 bridgehead atoms. The van der Waals surface area contributed by atoms with E-state index in [-0.39, 0.29) is 12.4 Å². The fourth-order valence-corrected chi connectivity index (χ4v) is 1.97. The minimum absolute atomic E-state index is 0.186. The van der Waals surface area contributed by atoms with E-state index in [9.17, 15) is 4.39 Å². The number of benzene rings is 1. The van der Waals surface area contributed by atoms with Crippen LogP contribution in [-0.2, 0) is 6.61 Å². The molecule has 100 valence electrons. The topological polar surface area (TPSA) is 31.4 Å². The van der Waals surface area contributed by atoms with E-state index in [1.807, 2.05) is 13.0 Å². The summed E-state index contributed by atoms with van der Waals surface area (Å²) in [5.41, 5.74) is 1.52. The molecule has 1 aromatic carbocycles. The minimum atomic E-state index is -0.400. The van der Waals surface area contributed by atoms with Crippen LogP contribution in [0.15, 0.2) is 34.8 Å². The van der Waals surface area contributed by atoms with Crippen molar-refractivity contribution in [3.63, 3.8) is 0 Å². The van der Waals surface area contributed by atoms with Crippen LogP contribution in [-0.4, -0.2) is 12.1 Å². The second kappa shape index (κ2) is 6.02. The van der Waals surface area contributed by atoms with Crippen molar-refractivity contribution in [1.82, 2.24) is 4.98 Å². The summed E-state index contributed by atoms with van der Waals surface area (Å²) < 4.78 is 24.9. The first-order chi connectivity index (χ1) is 9.08. The van der Waals surface area contributed by atoms with Crippen LogP contribution in [0.25, 0.3) is 0 Å². The maximum Gasteiger partial charge on any atom is 0.165 e. The summed E-state index contributed by atoms with van der Waals surface area (Å²) >= 11 is 3.27. The van der Waals surface area contributed by atoms with Crippen molar-refractivity contribution in [2.24, 2.45) is 0 Å². The Kier molecular flexibility index (Phi) is 4.37. The van der Waals surface area contributed by atoms with Gasteiger partial charge in [-0.2, -0.15) is 0 Å². The molecule has 0 aliphatic carbocycles. The van der Waals surface area contributed by atoms with E-state index in [0.717, 1.165) is 10.2 Å². The highest BCUT2D eigenvalue weighted by Gasteiger charge is 2.06. The van der Waals surface area contributed by atoms with Gasteiger partial charge in [-0.25, -0.2) is 4.39 Å². The highest BCUT2D eigenvalue weighted by Crippen LogP contribution is 2.23. The number of aromatic nitrogens is 1. The van der Waals surface area contributed by atoms with Crippen LogP contribution in [0.1, 0.15) is 11.4 Å². The van der Waals surface area contributed by atoms with Crippen LogP contribution < -0.4 is 9.47 Å². The van der Waals surface area contributed by atoms with Gasteiger partial charge in [-0.3, -0.25) is 4.98 Å². The van der Waals surface area contributed by atoms with Crippen molar-refractivity contribution in [1.29, 1.82) is 0 Å². The number of nitrogens with zero attached hydrogens (tertiary/aromatic N) is 1. The summed E-state index contributed by atoms with van der Waals surface area (Å²) in [5, 5.41) is 0. The van der Waals surface area contributed by atoms with Crippen molar-refractivity contribution in [3.05, 3.63) is 52.0 Å². The summed E-state index contributed by atoms with van der Waals surface area (Å²) in [6.45, 7) is 2.05. The molecule has 0 fully saturated rings. The number of halogens is 2. The normalized spacial score (nSPS) is 10.3. The fourth-order valence-electron chi connectivity index (χ4n) is 1.63. The molecular weight excluding hydrogens is 313 g/mol. The number of ether oxygens (including phenoxy) is 2.